The Morgan fingerprint density at radius 1 is 1.36 bits per heavy atom. The van der Waals surface area contributed by atoms with E-state index in [-0.39, 0.29) is 5.91 Å². The first-order valence-corrected chi connectivity index (χ1v) is 7.85. The highest BCUT2D eigenvalue weighted by atomic mass is 16.5. The van der Waals surface area contributed by atoms with Crippen LogP contribution in [0.3, 0.4) is 0 Å². The van der Waals surface area contributed by atoms with Crippen LogP contribution < -0.4 is 15.8 Å². The van der Waals surface area contributed by atoms with Crippen LogP contribution in [0.2, 0.25) is 0 Å². The summed E-state index contributed by atoms with van der Waals surface area (Å²) >= 11 is 0. The van der Waals surface area contributed by atoms with E-state index >= 15 is 0 Å². The van der Waals surface area contributed by atoms with Crippen LogP contribution in [-0.2, 0) is 0 Å². The maximum Gasteiger partial charge on any atom is 0.251 e. The Labute approximate surface area is 133 Å². The maximum absolute atomic E-state index is 12.0. The van der Waals surface area contributed by atoms with Crippen molar-refractivity contribution in [1.82, 2.24) is 10.2 Å². The molecule has 0 aliphatic carbocycles. The molecule has 0 radical (unpaired) electrons. The number of amides is 1. The summed E-state index contributed by atoms with van der Waals surface area (Å²) in [6.07, 6.45) is 1.90. The van der Waals surface area contributed by atoms with Crippen molar-refractivity contribution in [2.24, 2.45) is 5.92 Å². The van der Waals surface area contributed by atoms with Crippen molar-refractivity contribution in [2.45, 2.75) is 26.7 Å². The molecule has 0 saturated carbocycles. The number of nitrogen functional groups attached to an aromatic ring is 1. The van der Waals surface area contributed by atoms with Crippen molar-refractivity contribution in [3.05, 3.63) is 23.8 Å². The van der Waals surface area contributed by atoms with Gasteiger partial charge in [-0.15, -0.1) is 0 Å². The van der Waals surface area contributed by atoms with Crippen LogP contribution in [0.5, 0.6) is 5.75 Å². The normalized spacial score (nSPS) is 11.0. The van der Waals surface area contributed by atoms with E-state index < -0.39 is 0 Å². The molecule has 1 rings (SSSR count). The van der Waals surface area contributed by atoms with Gasteiger partial charge in [-0.25, -0.2) is 0 Å². The largest absolute Gasteiger partial charge is 0.491 e. The van der Waals surface area contributed by atoms with Crippen molar-refractivity contribution in [2.75, 3.05) is 39.5 Å². The van der Waals surface area contributed by atoms with Crippen LogP contribution in [0.1, 0.15) is 37.0 Å². The molecule has 3 N–H and O–H groups in total. The lowest BCUT2D eigenvalue weighted by atomic mass is 10.1. The number of nitrogens with zero attached hydrogens (tertiary/aromatic N) is 1. The van der Waals surface area contributed by atoms with Gasteiger partial charge in [0.2, 0.25) is 0 Å². The number of rotatable bonds is 9. The highest BCUT2D eigenvalue weighted by Crippen LogP contribution is 2.23. The lowest BCUT2D eigenvalue weighted by molar-refractivity contribution is 0.0952. The molecule has 1 aromatic carbocycles. The fourth-order valence-electron chi connectivity index (χ4n) is 1.92. The van der Waals surface area contributed by atoms with E-state index in [2.05, 4.69) is 24.1 Å². The second-order valence-corrected chi connectivity index (χ2v) is 6.20. The molecule has 0 saturated heterocycles. The zero-order chi connectivity index (χ0) is 16.5. The lowest BCUT2D eigenvalue weighted by Crippen LogP contribution is -2.27. The molecule has 0 spiro atoms. The summed E-state index contributed by atoms with van der Waals surface area (Å²) in [6.45, 7) is 6.54. The van der Waals surface area contributed by atoms with Gasteiger partial charge in [-0.05, 0) is 57.6 Å². The Morgan fingerprint density at radius 2 is 2.09 bits per heavy atom. The summed E-state index contributed by atoms with van der Waals surface area (Å²) in [5, 5.41) is 2.90. The van der Waals surface area contributed by atoms with Crippen molar-refractivity contribution >= 4 is 11.6 Å². The fourth-order valence-corrected chi connectivity index (χ4v) is 1.92. The first-order chi connectivity index (χ1) is 10.4. The van der Waals surface area contributed by atoms with Gasteiger partial charge in [-0.2, -0.15) is 0 Å². The van der Waals surface area contributed by atoms with Crippen molar-refractivity contribution in [3.63, 3.8) is 0 Å². The second kappa shape index (κ2) is 9.30. The topological polar surface area (TPSA) is 67.6 Å². The standard InChI is InChI=1S/C17H29N3O2/c1-13(2)8-11-22-16-7-6-14(12-15(16)18)17(21)19-9-5-10-20(3)4/h6-7,12-13H,5,8-11,18H2,1-4H3,(H,19,21). The minimum absolute atomic E-state index is 0.0980. The van der Waals surface area contributed by atoms with Gasteiger partial charge in [0.15, 0.2) is 0 Å². The van der Waals surface area contributed by atoms with Gasteiger partial charge in [0.05, 0.1) is 12.3 Å². The number of hydrogen-bond acceptors (Lipinski definition) is 4. The van der Waals surface area contributed by atoms with Crippen LogP contribution in [0, 0.1) is 5.92 Å². The van der Waals surface area contributed by atoms with E-state index in [0.29, 0.717) is 36.1 Å². The number of carbonyl (C=O) groups is 1. The van der Waals surface area contributed by atoms with Crippen LogP contribution in [0.4, 0.5) is 5.69 Å². The Bertz CT molecular complexity index is 473. The molecule has 5 nitrogen and oxygen atoms in total. The molecule has 0 heterocycles. The molecule has 1 amide bonds. The van der Waals surface area contributed by atoms with Crippen molar-refractivity contribution in [1.29, 1.82) is 0 Å². The van der Waals surface area contributed by atoms with Crippen LogP contribution in [0.25, 0.3) is 0 Å². The highest BCUT2D eigenvalue weighted by Gasteiger charge is 2.09. The molecule has 5 heteroatoms. The third-order valence-electron chi connectivity index (χ3n) is 3.29. The molecule has 0 aromatic heterocycles. The molecular formula is C17H29N3O2. The number of hydrogen-bond donors (Lipinski definition) is 2. The van der Waals surface area contributed by atoms with Gasteiger partial charge in [-0.1, -0.05) is 13.8 Å². The van der Waals surface area contributed by atoms with Crippen LogP contribution in [-0.4, -0.2) is 44.6 Å². The maximum atomic E-state index is 12.0. The minimum atomic E-state index is -0.0980. The summed E-state index contributed by atoms with van der Waals surface area (Å²) in [7, 11) is 4.03. The summed E-state index contributed by atoms with van der Waals surface area (Å²) in [5.74, 6) is 1.14. The van der Waals surface area contributed by atoms with Crippen LogP contribution >= 0.6 is 0 Å². The molecule has 0 atom stereocenters. The van der Waals surface area contributed by atoms with E-state index in [9.17, 15) is 4.79 Å². The first-order valence-electron chi connectivity index (χ1n) is 7.85. The van der Waals surface area contributed by atoms with E-state index in [4.69, 9.17) is 10.5 Å². The molecular weight excluding hydrogens is 278 g/mol. The molecule has 1 aromatic rings. The molecule has 22 heavy (non-hydrogen) atoms. The average Bonchev–Trinajstić information content (AvgIpc) is 2.44. The quantitative estimate of drug-likeness (QED) is 0.543. The average molecular weight is 307 g/mol. The summed E-state index contributed by atoms with van der Waals surface area (Å²) in [6, 6.07) is 5.19. The van der Waals surface area contributed by atoms with E-state index in [1.54, 1.807) is 18.2 Å². The Balaban J connectivity index is 2.48. The third kappa shape index (κ3) is 6.80. The van der Waals surface area contributed by atoms with Crippen molar-refractivity contribution in [3.8, 4) is 5.75 Å². The highest BCUT2D eigenvalue weighted by molar-refractivity contribution is 5.95. The third-order valence-corrected chi connectivity index (χ3v) is 3.29. The number of anilines is 1. The Hall–Kier alpha value is -1.75. The molecule has 0 aliphatic heterocycles. The predicted octanol–water partition coefficient (Wildman–Crippen LogP) is 2.38. The van der Waals surface area contributed by atoms with Gasteiger partial charge in [0.1, 0.15) is 5.75 Å². The van der Waals surface area contributed by atoms with E-state index in [1.807, 2.05) is 14.1 Å². The molecule has 0 aliphatic rings. The van der Waals surface area contributed by atoms with Gasteiger partial charge >= 0.3 is 0 Å². The zero-order valence-electron chi connectivity index (χ0n) is 14.2. The summed E-state index contributed by atoms with van der Waals surface area (Å²) in [5.41, 5.74) is 7.03. The number of ether oxygens (including phenoxy) is 1. The lowest BCUT2D eigenvalue weighted by Gasteiger charge is -2.12. The molecule has 0 fully saturated rings. The van der Waals surface area contributed by atoms with Gasteiger partial charge in [0.25, 0.3) is 5.91 Å². The fraction of sp³-hybridized carbons (Fsp3) is 0.588. The number of benzene rings is 1. The summed E-state index contributed by atoms with van der Waals surface area (Å²) < 4.78 is 5.65. The SMILES string of the molecule is CC(C)CCOc1ccc(C(=O)NCCCN(C)C)cc1N. The number of nitrogens with one attached hydrogen (secondary N) is 1. The molecule has 0 unspecified atom stereocenters. The van der Waals surface area contributed by atoms with Crippen molar-refractivity contribution < 1.29 is 9.53 Å². The van der Waals surface area contributed by atoms with Gasteiger partial charge in [-0.3, -0.25) is 4.79 Å². The Kier molecular flexibility index (Phi) is 7.74. The van der Waals surface area contributed by atoms with Gasteiger partial charge < -0.3 is 20.7 Å². The first kappa shape index (κ1) is 18.3. The number of nitrogens with two attached hydrogens (primary N) is 1. The molecule has 124 valence electrons. The van der Waals surface area contributed by atoms with Crippen LogP contribution in [0.15, 0.2) is 18.2 Å². The predicted molar refractivity (Wildman–Crippen MR) is 91.3 cm³/mol. The van der Waals surface area contributed by atoms with E-state index in [0.717, 1.165) is 19.4 Å². The molecule has 0 bridgehead atoms. The Morgan fingerprint density at radius 3 is 2.68 bits per heavy atom. The minimum Gasteiger partial charge on any atom is -0.491 e. The zero-order valence-corrected chi connectivity index (χ0v) is 14.2. The van der Waals surface area contributed by atoms with Gasteiger partial charge in [0, 0.05) is 12.1 Å². The monoisotopic (exact) mass is 307 g/mol. The second-order valence-electron chi connectivity index (χ2n) is 6.20. The summed E-state index contributed by atoms with van der Waals surface area (Å²) in [4.78, 5) is 14.1. The number of carbonyl (C=O) groups excluding carboxylic acids is 1. The van der Waals surface area contributed by atoms with E-state index in [1.165, 1.54) is 0 Å². The smallest absolute Gasteiger partial charge is 0.251 e.